The zero-order valence-electron chi connectivity index (χ0n) is 11.0. The van der Waals surface area contributed by atoms with Crippen LogP contribution in [0.1, 0.15) is 6.42 Å². The molecule has 108 valence electrons. The Balaban J connectivity index is 2.15. The minimum Gasteiger partial charge on any atom is -0.494 e. The van der Waals surface area contributed by atoms with Gasteiger partial charge >= 0.3 is 5.97 Å². The molecular weight excluding hydrogens is 269 g/mol. The minimum absolute atomic E-state index is 0.00492. The molecule has 0 heterocycles. The van der Waals surface area contributed by atoms with E-state index in [4.69, 9.17) is 14.6 Å². The molecule has 0 bridgehead atoms. The summed E-state index contributed by atoms with van der Waals surface area (Å²) < 4.78 is 23.5. The van der Waals surface area contributed by atoms with E-state index in [1.165, 1.54) is 20.3 Å². The summed E-state index contributed by atoms with van der Waals surface area (Å²) in [5.74, 6) is -3.11. The number of rotatable bonds is 5. The van der Waals surface area contributed by atoms with Crippen LogP contribution in [0.5, 0.6) is 11.5 Å². The van der Waals surface area contributed by atoms with E-state index < -0.39 is 29.5 Å². The molecule has 7 heteroatoms. The Morgan fingerprint density at radius 2 is 1.90 bits per heavy atom. The molecule has 0 saturated heterocycles. The van der Waals surface area contributed by atoms with E-state index in [1.54, 1.807) is 0 Å². The van der Waals surface area contributed by atoms with Crippen LogP contribution in [0, 0.1) is 17.7 Å². The van der Waals surface area contributed by atoms with Gasteiger partial charge in [-0.05, 0) is 6.42 Å². The molecule has 2 N–H and O–H groups in total. The number of halogens is 1. The highest BCUT2D eigenvalue weighted by Crippen LogP contribution is 2.40. The Kier molecular flexibility index (Phi) is 3.78. The Hall–Kier alpha value is -2.31. The summed E-state index contributed by atoms with van der Waals surface area (Å²) in [6, 6.07) is 2.39. The number of ether oxygens (including phenoxy) is 2. The lowest BCUT2D eigenvalue weighted by Crippen LogP contribution is -2.17. The van der Waals surface area contributed by atoms with Crippen molar-refractivity contribution in [1.82, 2.24) is 0 Å². The van der Waals surface area contributed by atoms with Crippen molar-refractivity contribution in [2.45, 2.75) is 6.42 Å². The van der Waals surface area contributed by atoms with Crippen LogP contribution in [0.4, 0.5) is 10.1 Å². The second kappa shape index (κ2) is 5.36. The van der Waals surface area contributed by atoms with Crippen molar-refractivity contribution in [2.75, 3.05) is 19.5 Å². The van der Waals surface area contributed by atoms with Gasteiger partial charge in [-0.25, -0.2) is 4.39 Å². The van der Waals surface area contributed by atoms with Gasteiger partial charge in [-0.15, -0.1) is 0 Å². The fourth-order valence-corrected chi connectivity index (χ4v) is 1.94. The van der Waals surface area contributed by atoms with Crippen molar-refractivity contribution in [3.63, 3.8) is 0 Å². The maximum Gasteiger partial charge on any atom is 0.307 e. The first-order valence-electron chi connectivity index (χ1n) is 5.93. The molecule has 1 amide bonds. The summed E-state index contributed by atoms with van der Waals surface area (Å²) in [5, 5.41) is 11.2. The fourth-order valence-electron chi connectivity index (χ4n) is 1.94. The molecule has 1 aliphatic rings. The van der Waals surface area contributed by atoms with E-state index in [9.17, 15) is 14.0 Å². The van der Waals surface area contributed by atoms with Gasteiger partial charge in [0.25, 0.3) is 0 Å². The van der Waals surface area contributed by atoms with Gasteiger partial charge in [0.1, 0.15) is 5.75 Å². The quantitative estimate of drug-likeness (QED) is 0.855. The van der Waals surface area contributed by atoms with Gasteiger partial charge in [0.05, 0.1) is 31.7 Å². The van der Waals surface area contributed by atoms with Crippen molar-refractivity contribution < 1.29 is 28.6 Å². The number of hydrogen-bond acceptors (Lipinski definition) is 4. The van der Waals surface area contributed by atoms with E-state index >= 15 is 0 Å². The Bertz CT molecular complexity index is 560. The molecule has 2 atom stereocenters. The predicted octanol–water partition coefficient (Wildman–Crippen LogP) is 1.50. The molecule has 0 aliphatic heterocycles. The lowest BCUT2D eigenvalue weighted by Gasteiger charge is -2.12. The van der Waals surface area contributed by atoms with Crippen LogP contribution in [0.15, 0.2) is 12.1 Å². The minimum atomic E-state index is -1.00. The van der Waals surface area contributed by atoms with E-state index in [-0.39, 0.29) is 17.2 Å². The molecule has 1 aliphatic carbocycles. The summed E-state index contributed by atoms with van der Waals surface area (Å²) >= 11 is 0. The standard InChI is InChI=1S/C13H14FNO5/c1-19-10-5-11(20-2)9(4-8(10)14)15-12(16)6-3-7(6)13(17)18/h4-7H,3H2,1-2H3,(H,15,16)(H,17,18)/t6-,7-/m0/s1. The van der Waals surface area contributed by atoms with Crippen molar-refractivity contribution in [2.24, 2.45) is 11.8 Å². The molecule has 0 spiro atoms. The zero-order chi connectivity index (χ0) is 14.9. The number of amides is 1. The maximum atomic E-state index is 13.6. The van der Waals surface area contributed by atoms with Gasteiger partial charge in [0.15, 0.2) is 11.6 Å². The van der Waals surface area contributed by atoms with Gasteiger partial charge in [-0.2, -0.15) is 0 Å². The summed E-state index contributed by atoms with van der Waals surface area (Å²) in [5.41, 5.74) is 0.145. The van der Waals surface area contributed by atoms with Crippen LogP contribution in [0.2, 0.25) is 0 Å². The fraction of sp³-hybridized carbons (Fsp3) is 0.385. The normalized spacial score (nSPS) is 20.1. The first kappa shape index (κ1) is 14.1. The smallest absolute Gasteiger partial charge is 0.307 e. The lowest BCUT2D eigenvalue weighted by atomic mass is 10.2. The van der Waals surface area contributed by atoms with Crippen LogP contribution >= 0.6 is 0 Å². The highest BCUT2D eigenvalue weighted by atomic mass is 19.1. The topological polar surface area (TPSA) is 84.9 Å². The molecule has 2 rings (SSSR count). The van der Waals surface area contributed by atoms with Crippen LogP contribution in [-0.4, -0.2) is 31.2 Å². The highest BCUT2D eigenvalue weighted by Gasteiger charge is 2.48. The van der Waals surface area contributed by atoms with Crippen LogP contribution in [-0.2, 0) is 9.59 Å². The average molecular weight is 283 g/mol. The van der Waals surface area contributed by atoms with Gasteiger partial charge in [-0.1, -0.05) is 0 Å². The summed E-state index contributed by atoms with van der Waals surface area (Å²) in [6.07, 6.45) is 0.294. The SMILES string of the molecule is COc1cc(OC)c(NC(=O)[C@H]2C[C@@H]2C(=O)O)cc1F. The second-order valence-electron chi connectivity index (χ2n) is 4.46. The van der Waals surface area contributed by atoms with Gasteiger partial charge in [-0.3, -0.25) is 9.59 Å². The van der Waals surface area contributed by atoms with Crippen molar-refractivity contribution in [3.8, 4) is 11.5 Å². The van der Waals surface area contributed by atoms with Gasteiger partial charge in [0.2, 0.25) is 5.91 Å². The Labute approximate surface area is 114 Å². The molecule has 6 nitrogen and oxygen atoms in total. The molecule has 1 aromatic carbocycles. The Morgan fingerprint density at radius 1 is 1.25 bits per heavy atom. The number of hydrogen-bond donors (Lipinski definition) is 2. The van der Waals surface area contributed by atoms with Crippen molar-refractivity contribution >= 4 is 17.6 Å². The monoisotopic (exact) mass is 283 g/mol. The number of aliphatic carboxylic acids is 1. The van der Waals surface area contributed by atoms with Crippen LogP contribution in [0.3, 0.4) is 0 Å². The summed E-state index contributed by atoms with van der Waals surface area (Å²) in [6.45, 7) is 0. The van der Waals surface area contributed by atoms with E-state index in [0.717, 1.165) is 6.07 Å². The predicted molar refractivity (Wildman–Crippen MR) is 67.4 cm³/mol. The van der Waals surface area contributed by atoms with Gasteiger partial charge in [0, 0.05) is 12.1 Å². The number of nitrogens with one attached hydrogen (secondary N) is 1. The number of carbonyl (C=O) groups is 2. The summed E-state index contributed by atoms with van der Waals surface area (Å²) in [7, 11) is 2.69. The van der Waals surface area contributed by atoms with Crippen LogP contribution in [0.25, 0.3) is 0 Å². The third kappa shape index (κ3) is 2.66. The Morgan fingerprint density at radius 3 is 2.40 bits per heavy atom. The lowest BCUT2D eigenvalue weighted by molar-refractivity contribution is -0.139. The number of benzene rings is 1. The maximum absolute atomic E-state index is 13.6. The van der Waals surface area contributed by atoms with Crippen LogP contribution < -0.4 is 14.8 Å². The molecule has 1 fully saturated rings. The molecular formula is C13H14FNO5. The van der Waals surface area contributed by atoms with E-state index in [0.29, 0.717) is 6.42 Å². The first-order chi connectivity index (χ1) is 9.47. The molecule has 1 aromatic rings. The molecule has 0 unspecified atom stereocenters. The van der Waals surface area contributed by atoms with Gasteiger partial charge < -0.3 is 19.9 Å². The number of carboxylic acid groups (broad SMARTS) is 1. The average Bonchev–Trinajstić information content (AvgIpc) is 3.19. The molecule has 1 saturated carbocycles. The van der Waals surface area contributed by atoms with E-state index in [2.05, 4.69) is 5.32 Å². The molecule has 0 aromatic heterocycles. The third-order valence-corrected chi connectivity index (χ3v) is 3.18. The first-order valence-corrected chi connectivity index (χ1v) is 5.93. The van der Waals surface area contributed by atoms with Crippen molar-refractivity contribution in [3.05, 3.63) is 17.9 Å². The number of carboxylic acids is 1. The van der Waals surface area contributed by atoms with Crippen molar-refractivity contribution in [1.29, 1.82) is 0 Å². The largest absolute Gasteiger partial charge is 0.494 e. The molecule has 0 radical (unpaired) electrons. The molecule has 20 heavy (non-hydrogen) atoms. The third-order valence-electron chi connectivity index (χ3n) is 3.18. The number of carbonyl (C=O) groups excluding carboxylic acids is 1. The summed E-state index contributed by atoms with van der Waals surface area (Å²) in [4.78, 5) is 22.5. The second-order valence-corrected chi connectivity index (χ2v) is 4.46. The number of anilines is 1. The zero-order valence-corrected chi connectivity index (χ0v) is 11.0. The number of methoxy groups -OCH3 is 2. The highest BCUT2D eigenvalue weighted by molar-refractivity contribution is 5.99. The van der Waals surface area contributed by atoms with E-state index in [1.807, 2.05) is 0 Å².